The predicted octanol–water partition coefficient (Wildman–Crippen LogP) is 3.16. The summed E-state index contributed by atoms with van der Waals surface area (Å²) < 4.78 is 0. The van der Waals surface area contributed by atoms with Crippen molar-refractivity contribution in [2.45, 2.75) is 47.0 Å². The Kier molecular flexibility index (Phi) is 3.25. The van der Waals surface area contributed by atoms with Gasteiger partial charge in [0.2, 0.25) is 0 Å². The summed E-state index contributed by atoms with van der Waals surface area (Å²) in [5.41, 5.74) is 12.9. The van der Waals surface area contributed by atoms with Gasteiger partial charge in [-0.15, -0.1) is 0 Å². The summed E-state index contributed by atoms with van der Waals surface area (Å²) in [7, 11) is 0. The highest BCUT2D eigenvalue weighted by atomic mass is 14.6. The first-order chi connectivity index (χ1) is 6.81. The molecule has 0 amide bonds. The third-order valence-corrected chi connectivity index (χ3v) is 3.55. The number of hydrogen-bond acceptors (Lipinski definition) is 1. The van der Waals surface area contributed by atoms with Crippen molar-refractivity contribution in [3.05, 3.63) is 33.9 Å². The van der Waals surface area contributed by atoms with E-state index in [4.69, 9.17) is 5.73 Å². The smallest absolute Gasteiger partial charge is 0.00245 e. The molecule has 0 heterocycles. The molecule has 0 radical (unpaired) electrons. The molecule has 15 heavy (non-hydrogen) atoms. The lowest BCUT2D eigenvalue weighted by Gasteiger charge is -2.29. The van der Waals surface area contributed by atoms with Gasteiger partial charge in [0.05, 0.1) is 0 Å². The zero-order valence-corrected chi connectivity index (χ0v) is 10.9. The molecule has 1 rings (SSSR count). The number of nitrogens with two attached hydrogens (primary N) is 1. The van der Waals surface area contributed by atoms with E-state index in [9.17, 15) is 0 Å². The van der Waals surface area contributed by atoms with Crippen LogP contribution in [-0.4, -0.2) is 6.54 Å². The van der Waals surface area contributed by atoms with Gasteiger partial charge >= 0.3 is 0 Å². The van der Waals surface area contributed by atoms with Crippen molar-refractivity contribution in [3.8, 4) is 0 Å². The van der Waals surface area contributed by atoms with Crippen LogP contribution in [0.5, 0.6) is 0 Å². The van der Waals surface area contributed by atoms with Crippen molar-refractivity contribution in [1.82, 2.24) is 0 Å². The highest BCUT2D eigenvalue weighted by Crippen LogP contribution is 2.32. The van der Waals surface area contributed by atoms with Crippen molar-refractivity contribution in [2.24, 2.45) is 5.73 Å². The van der Waals surface area contributed by atoms with Crippen LogP contribution in [0.3, 0.4) is 0 Å². The van der Waals surface area contributed by atoms with E-state index in [1.807, 2.05) is 0 Å². The van der Waals surface area contributed by atoms with Gasteiger partial charge in [-0.2, -0.15) is 0 Å². The Morgan fingerprint density at radius 2 is 1.40 bits per heavy atom. The Bertz CT molecular complexity index is 349. The number of benzene rings is 1. The van der Waals surface area contributed by atoms with Gasteiger partial charge < -0.3 is 5.73 Å². The van der Waals surface area contributed by atoms with Gasteiger partial charge in [-0.05, 0) is 55.5 Å². The molecular formula is C14H23N. The first-order valence-corrected chi connectivity index (χ1v) is 5.59. The zero-order valence-electron chi connectivity index (χ0n) is 10.9. The van der Waals surface area contributed by atoms with Gasteiger partial charge in [0.1, 0.15) is 0 Å². The second kappa shape index (κ2) is 3.97. The van der Waals surface area contributed by atoms with Crippen LogP contribution in [0.15, 0.2) is 6.07 Å². The fourth-order valence-corrected chi connectivity index (χ4v) is 2.33. The van der Waals surface area contributed by atoms with Crippen LogP contribution in [0.2, 0.25) is 0 Å². The quantitative estimate of drug-likeness (QED) is 0.788. The lowest BCUT2D eigenvalue weighted by atomic mass is 9.77. The highest BCUT2D eigenvalue weighted by Gasteiger charge is 2.24. The number of hydrogen-bond donors (Lipinski definition) is 1. The van der Waals surface area contributed by atoms with Gasteiger partial charge in [-0.25, -0.2) is 0 Å². The van der Waals surface area contributed by atoms with Crippen molar-refractivity contribution in [1.29, 1.82) is 0 Å². The molecule has 0 aliphatic carbocycles. The van der Waals surface area contributed by atoms with Gasteiger partial charge in [0.15, 0.2) is 0 Å². The molecule has 0 saturated heterocycles. The predicted molar refractivity (Wildman–Crippen MR) is 67.5 cm³/mol. The van der Waals surface area contributed by atoms with E-state index < -0.39 is 0 Å². The minimum atomic E-state index is 0.0744. The third-order valence-electron chi connectivity index (χ3n) is 3.55. The van der Waals surface area contributed by atoms with E-state index in [1.165, 1.54) is 27.8 Å². The largest absolute Gasteiger partial charge is 0.330 e. The fourth-order valence-electron chi connectivity index (χ4n) is 2.33. The molecule has 2 N–H and O–H groups in total. The molecule has 0 aromatic heterocycles. The highest BCUT2D eigenvalue weighted by molar-refractivity contribution is 5.47. The third kappa shape index (κ3) is 2.07. The van der Waals surface area contributed by atoms with Gasteiger partial charge in [0, 0.05) is 12.0 Å². The monoisotopic (exact) mass is 205 g/mol. The molecule has 0 spiro atoms. The second-order valence-electron chi connectivity index (χ2n) is 5.22. The Labute approximate surface area is 93.7 Å². The summed E-state index contributed by atoms with van der Waals surface area (Å²) in [5, 5.41) is 0. The lowest BCUT2D eigenvalue weighted by Crippen LogP contribution is -2.30. The van der Waals surface area contributed by atoms with Gasteiger partial charge in [-0.1, -0.05) is 19.9 Å². The average molecular weight is 205 g/mol. The standard InChI is InChI=1S/C14H23N/c1-9-7-10(2)12(4)13(11(9)3)14(5,6)8-15/h7H,8,15H2,1-6H3. The van der Waals surface area contributed by atoms with Gasteiger partial charge in [0.25, 0.3) is 0 Å². The summed E-state index contributed by atoms with van der Waals surface area (Å²) in [6.45, 7) is 13.9. The zero-order chi connectivity index (χ0) is 11.8. The topological polar surface area (TPSA) is 26.0 Å². The van der Waals surface area contributed by atoms with Crippen molar-refractivity contribution >= 4 is 0 Å². The molecule has 0 unspecified atom stereocenters. The van der Waals surface area contributed by atoms with Crippen LogP contribution in [-0.2, 0) is 5.41 Å². The van der Waals surface area contributed by atoms with E-state index in [0.717, 1.165) is 0 Å². The Morgan fingerprint density at radius 1 is 1.00 bits per heavy atom. The lowest BCUT2D eigenvalue weighted by molar-refractivity contribution is 0.531. The van der Waals surface area contributed by atoms with E-state index in [-0.39, 0.29) is 5.41 Å². The molecule has 0 atom stereocenters. The maximum atomic E-state index is 5.88. The van der Waals surface area contributed by atoms with Crippen LogP contribution < -0.4 is 5.73 Å². The van der Waals surface area contributed by atoms with Crippen molar-refractivity contribution in [3.63, 3.8) is 0 Å². The first kappa shape index (κ1) is 12.3. The SMILES string of the molecule is Cc1cc(C)c(C)c(C(C)(C)CN)c1C. The fraction of sp³-hybridized carbons (Fsp3) is 0.571. The molecule has 0 saturated carbocycles. The summed E-state index contributed by atoms with van der Waals surface area (Å²) in [4.78, 5) is 0. The first-order valence-electron chi connectivity index (χ1n) is 5.59. The second-order valence-corrected chi connectivity index (χ2v) is 5.22. The summed E-state index contributed by atoms with van der Waals surface area (Å²) in [6, 6.07) is 2.26. The number of rotatable bonds is 2. The molecule has 0 bridgehead atoms. The Morgan fingerprint density at radius 3 is 1.73 bits per heavy atom. The minimum absolute atomic E-state index is 0.0744. The van der Waals surface area contributed by atoms with Crippen LogP contribution in [0.25, 0.3) is 0 Å². The maximum Gasteiger partial charge on any atom is 0.00245 e. The molecular weight excluding hydrogens is 182 g/mol. The normalized spacial score (nSPS) is 11.9. The Balaban J connectivity index is 3.53. The Hall–Kier alpha value is -0.820. The van der Waals surface area contributed by atoms with Crippen LogP contribution in [0.4, 0.5) is 0 Å². The van der Waals surface area contributed by atoms with Crippen LogP contribution in [0.1, 0.15) is 41.7 Å². The molecule has 84 valence electrons. The molecule has 0 fully saturated rings. The van der Waals surface area contributed by atoms with E-state index in [0.29, 0.717) is 6.54 Å². The van der Waals surface area contributed by atoms with E-state index >= 15 is 0 Å². The van der Waals surface area contributed by atoms with Gasteiger partial charge in [-0.3, -0.25) is 0 Å². The van der Waals surface area contributed by atoms with Crippen molar-refractivity contribution < 1.29 is 0 Å². The summed E-state index contributed by atoms with van der Waals surface area (Å²) in [5.74, 6) is 0. The van der Waals surface area contributed by atoms with E-state index in [1.54, 1.807) is 0 Å². The maximum absolute atomic E-state index is 5.88. The average Bonchev–Trinajstić information content (AvgIpc) is 2.15. The molecule has 1 heteroatoms. The summed E-state index contributed by atoms with van der Waals surface area (Å²) >= 11 is 0. The summed E-state index contributed by atoms with van der Waals surface area (Å²) in [6.07, 6.45) is 0. The molecule has 1 aromatic carbocycles. The minimum Gasteiger partial charge on any atom is -0.330 e. The number of aryl methyl sites for hydroxylation is 2. The molecule has 0 aliphatic rings. The van der Waals surface area contributed by atoms with Crippen LogP contribution >= 0.6 is 0 Å². The molecule has 1 nitrogen and oxygen atoms in total. The molecule has 1 aromatic rings. The van der Waals surface area contributed by atoms with E-state index in [2.05, 4.69) is 47.6 Å². The van der Waals surface area contributed by atoms with Crippen molar-refractivity contribution in [2.75, 3.05) is 6.54 Å². The van der Waals surface area contributed by atoms with Crippen LogP contribution in [0, 0.1) is 27.7 Å². The molecule has 0 aliphatic heterocycles.